The Morgan fingerprint density at radius 3 is 2.82 bits per heavy atom. The summed E-state index contributed by atoms with van der Waals surface area (Å²) in [5.74, 6) is 2.00. The number of aromatic nitrogens is 4. The monoisotopic (exact) mass is 397 g/mol. The summed E-state index contributed by atoms with van der Waals surface area (Å²) in [6.45, 7) is 5.03. The molecule has 146 valence electrons. The summed E-state index contributed by atoms with van der Waals surface area (Å²) >= 11 is 1.37. The van der Waals surface area contributed by atoms with Crippen LogP contribution < -0.4 is 10.1 Å². The van der Waals surface area contributed by atoms with Gasteiger partial charge in [-0.15, -0.1) is 10.2 Å². The Kier molecular flexibility index (Phi) is 6.65. The van der Waals surface area contributed by atoms with Crippen molar-refractivity contribution in [2.24, 2.45) is 5.92 Å². The van der Waals surface area contributed by atoms with E-state index in [9.17, 15) is 4.79 Å². The van der Waals surface area contributed by atoms with Crippen molar-refractivity contribution >= 4 is 23.4 Å². The summed E-state index contributed by atoms with van der Waals surface area (Å²) in [4.78, 5) is 16.5. The molecule has 7 nitrogen and oxygen atoms in total. The average molecular weight is 398 g/mol. The number of nitrogens with one attached hydrogen (secondary N) is 1. The first-order valence-corrected chi connectivity index (χ1v) is 9.95. The molecule has 1 amide bonds. The van der Waals surface area contributed by atoms with Crippen molar-refractivity contribution < 1.29 is 9.53 Å². The summed E-state index contributed by atoms with van der Waals surface area (Å²) in [7, 11) is 1.60. The van der Waals surface area contributed by atoms with Gasteiger partial charge in [-0.05, 0) is 30.2 Å². The van der Waals surface area contributed by atoms with Crippen molar-refractivity contribution in [3.05, 3.63) is 48.8 Å². The summed E-state index contributed by atoms with van der Waals surface area (Å²) in [5.41, 5.74) is 1.60. The molecule has 0 fully saturated rings. The lowest BCUT2D eigenvalue weighted by molar-refractivity contribution is -0.113. The lowest BCUT2D eigenvalue weighted by atomic mass is 10.2. The summed E-state index contributed by atoms with van der Waals surface area (Å²) in [6, 6.07) is 11.1. The maximum absolute atomic E-state index is 12.4. The molecule has 0 aliphatic rings. The van der Waals surface area contributed by atoms with Gasteiger partial charge in [0.1, 0.15) is 5.75 Å². The number of carbonyl (C=O) groups excluding carboxylic acids is 1. The van der Waals surface area contributed by atoms with Crippen LogP contribution in [-0.4, -0.2) is 38.5 Å². The Morgan fingerprint density at radius 1 is 1.25 bits per heavy atom. The van der Waals surface area contributed by atoms with E-state index in [0.29, 0.717) is 22.5 Å². The minimum atomic E-state index is -0.111. The van der Waals surface area contributed by atoms with Gasteiger partial charge in [-0.3, -0.25) is 9.78 Å². The zero-order chi connectivity index (χ0) is 19.9. The molecule has 0 aliphatic heterocycles. The highest BCUT2D eigenvalue weighted by molar-refractivity contribution is 7.99. The number of rotatable bonds is 8. The third-order valence-corrected chi connectivity index (χ3v) is 4.84. The fraction of sp³-hybridized carbons (Fsp3) is 0.300. The molecule has 2 aromatic heterocycles. The Morgan fingerprint density at radius 2 is 2.11 bits per heavy atom. The van der Waals surface area contributed by atoms with Gasteiger partial charge in [0.05, 0.1) is 12.9 Å². The van der Waals surface area contributed by atoms with Gasteiger partial charge in [0, 0.05) is 36.3 Å². The average Bonchev–Trinajstić information content (AvgIpc) is 3.09. The Labute approximate surface area is 168 Å². The van der Waals surface area contributed by atoms with E-state index in [1.54, 1.807) is 25.6 Å². The number of methoxy groups -OCH3 is 1. The molecule has 2 heterocycles. The zero-order valence-electron chi connectivity index (χ0n) is 16.1. The predicted molar refractivity (Wildman–Crippen MR) is 110 cm³/mol. The van der Waals surface area contributed by atoms with Crippen molar-refractivity contribution in [2.75, 3.05) is 18.2 Å². The van der Waals surface area contributed by atoms with Crippen molar-refractivity contribution in [1.29, 1.82) is 0 Å². The van der Waals surface area contributed by atoms with Crippen molar-refractivity contribution in [3.63, 3.8) is 0 Å². The zero-order valence-corrected chi connectivity index (χ0v) is 16.9. The van der Waals surface area contributed by atoms with Crippen LogP contribution in [0.15, 0.2) is 53.9 Å². The molecule has 3 rings (SSSR count). The maximum Gasteiger partial charge on any atom is 0.234 e. The minimum Gasteiger partial charge on any atom is -0.497 e. The topological polar surface area (TPSA) is 81.9 Å². The van der Waals surface area contributed by atoms with Gasteiger partial charge in [0.2, 0.25) is 5.91 Å². The van der Waals surface area contributed by atoms with Crippen molar-refractivity contribution in [2.45, 2.75) is 25.5 Å². The van der Waals surface area contributed by atoms with Gasteiger partial charge in [0.15, 0.2) is 11.0 Å². The highest BCUT2D eigenvalue weighted by Crippen LogP contribution is 2.25. The van der Waals surface area contributed by atoms with Crippen LogP contribution >= 0.6 is 11.8 Å². The minimum absolute atomic E-state index is 0.111. The molecule has 0 saturated carbocycles. The van der Waals surface area contributed by atoms with Crippen molar-refractivity contribution in [3.8, 4) is 17.1 Å². The normalized spacial score (nSPS) is 10.9. The number of carbonyl (C=O) groups is 1. The number of thioether (sulfide) groups is 1. The number of ether oxygens (including phenoxy) is 1. The van der Waals surface area contributed by atoms with Crippen LogP contribution in [0, 0.1) is 5.92 Å². The van der Waals surface area contributed by atoms with Crippen molar-refractivity contribution in [1.82, 2.24) is 19.7 Å². The predicted octanol–water partition coefficient (Wildman–Crippen LogP) is 3.74. The van der Waals surface area contributed by atoms with E-state index in [2.05, 4.69) is 34.3 Å². The van der Waals surface area contributed by atoms with E-state index < -0.39 is 0 Å². The van der Waals surface area contributed by atoms with E-state index in [-0.39, 0.29) is 11.7 Å². The summed E-state index contributed by atoms with van der Waals surface area (Å²) in [5, 5.41) is 12.2. The fourth-order valence-corrected chi connectivity index (χ4v) is 3.41. The largest absolute Gasteiger partial charge is 0.497 e. The molecular formula is C20H23N5O2S. The highest BCUT2D eigenvalue weighted by atomic mass is 32.2. The van der Waals surface area contributed by atoms with Gasteiger partial charge in [-0.25, -0.2) is 0 Å². The fourth-order valence-electron chi connectivity index (χ4n) is 2.66. The number of amides is 1. The Hall–Kier alpha value is -2.87. The smallest absolute Gasteiger partial charge is 0.234 e. The Balaban J connectivity index is 1.71. The van der Waals surface area contributed by atoms with Gasteiger partial charge in [-0.1, -0.05) is 31.7 Å². The molecule has 0 spiro atoms. The lowest BCUT2D eigenvalue weighted by Gasteiger charge is -2.12. The second-order valence-corrected chi connectivity index (χ2v) is 7.56. The molecule has 8 heteroatoms. The first kappa shape index (κ1) is 19.9. The molecule has 0 unspecified atom stereocenters. The number of hydrogen-bond donors (Lipinski definition) is 1. The van der Waals surface area contributed by atoms with Crippen LogP contribution in [0.5, 0.6) is 5.75 Å². The molecular weight excluding hydrogens is 374 g/mol. The SMILES string of the molecule is COc1cccc(NC(=O)CSc2nnc(-c3cccnc3)n2CC(C)C)c1. The van der Waals surface area contributed by atoms with Gasteiger partial charge in [-0.2, -0.15) is 0 Å². The summed E-state index contributed by atoms with van der Waals surface area (Å²) in [6.07, 6.45) is 3.50. The van der Waals surface area contributed by atoms with Gasteiger partial charge in [0.25, 0.3) is 0 Å². The third kappa shape index (κ3) is 5.10. The lowest BCUT2D eigenvalue weighted by Crippen LogP contribution is -2.15. The first-order chi connectivity index (χ1) is 13.6. The van der Waals surface area contributed by atoms with Gasteiger partial charge >= 0.3 is 0 Å². The molecule has 0 saturated heterocycles. The second kappa shape index (κ2) is 9.36. The summed E-state index contributed by atoms with van der Waals surface area (Å²) < 4.78 is 7.23. The molecule has 3 aromatic rings. The standard InChI is InChI=1S/C20H23N5O2S/c1-14(2)12-25-19(15-6-5-9-21-11-15)23-24-20(25)28-13-18(26)22-16-7-4-8-17(10-16)27-3/h4-11,14H,12-13H2,1-3H3,(H,22,26). The number of hydrogen-bond acceptors (Lipinski definition) is 6. The quantitative estimate of drug-likeness (QED) is 0.583. The van der Waals surface area contributed by atoms with E-state index >= 15 is 0 Å². The van der Waals surface area contributed by atoms with E-state index in [1.165, 1.54) is 11.8 Å². The van der Waals surface area contributed by atoms with Crippen LogP contribution in [0.2, 0.25) is 0 Å². The van der Waals surface area contributed by atoms with E-state index in [0.717, 1.165) is 17.9 Å². The van der Waals surface area contributed by atoms with E-state index in [1.807, 2.05) is 34.9 Å². The molecule has 0 atom stereocenters. The molecule has 28 heavy (non-hydrogen) atoms. The highest BCUT2D eigenvalue weighted by Gasteiger charge is 2.17. The van der Waals surface area contributed by atoms with Crippen LogP contribution in [0.4, 0.5) is 5.69 Å². The maximum atomic E-state index is 12.4. The second-order valence-electron chi connectivity index (χ2n) is 6.62. The molecule has 0 radical (unpaired) electrons. The third-order valence-electron chi connectivity index (χ3n) is 3.87. The van der Waals surface area contributed by atoms with Gasteiger partial charge < -0.3 is 14.6 Å². The Bertz CT molecular complexity index is 927. The van der Waals surface area contributed by atoms with E-state index in [4.69, 9.17) is 4.74 Å². The molecule has 1 aromatic carbocycles. The molecule has 0 bridgehead atoms. The van der Waals surface area contributed by atoms with Crippen LogP contribution in [0.25, 0.3) is 11.4 Å². The molecule has 0 aliphatic carbocycles. The number of anilines is 1. The number of pyridine rings is 1. The first-order valence-electron chi connectivity index (χ1n) is 8.97. The number of benzene rings is 1. The molecule has 1 N–H and O–H groups in total. The van der Waals surface area contributed by atoms with Crippen LogP contribution in [0.1, 0.15) is 13.8 Å². The van der Waals surface area contributed by atoms with Crippen LogP contribution in [0.3, 0.4) is 0 Å². The number of nitrogens with zero attached hydrogens (tertiary/aromatic N) is 4. The van der Waals surface area contributed by atoms with Crippen LogP contribution in [-0.2, 0) is 11.3 Å².